The molecule has 6 heteroatoms. The summed E-state index contributed by atoms with van der Waals surface area (Å²) in [5, 5.41) is 2.91. The van der Waals surface area contributed by atoms with Gasteiger partial charge in [0.05, 0.1) is 7.11 Å². The minimum Gasteiger partial charge on any atom is -0.497 e. The van der Waals surface area contributed by atoms with Gasteiger partial charge in [-0.25, -0.2) is 0 Å². The average Bonchev–Trinajstić information content (AvgIpc) is 3.10. The van der Waals surface area contributed by atoms with Crippen molar-refractivity contribution >= 4 is 18.0 Å². The topological polar surface area (TPSA) is 70.4 Å². The fraction of sp³-hybridized carbons (Fsp3) is 0.160. The molecular formula is C25H24N3O3+. The number of carbonyl (C=O) groups excluding carboxylic acids is 2. The van der Waals surface area contributed by atoms with E-state index < -0.39 is 12.1 Å². The molecule has 2 amide bonds. The SMILES string of the molecule is COc1ccc([C@@H]2[C@H](NC(=O)c3ccccc3)C(=O)N/[N+]2=C\c2ccccc2C)cc1. The van der Waals surface area contributed by atoms with Crippen LogP contribution in [-0.2, 0) is 4.79 Å². The number of amides is 2. The number of carbonyl (C=O) groups is 2. The molecule has 0 unspecified atom stereocenters. The molecule has 4 rings (SSSR count). The van der Waals surface area contributed by atoms with Crippen LogP contribution in [0.5, 0.6) is 5.75 Å². The summed E-state index contributed by atoms with van der Waals surface area (Å²) >= 11 is 0. The van der Waals surface area contributed by atoms with Crippen molar-refractivity contribution in [3.8, 4) is 5.75 Å². The lowest BCUT2D eigenvalue weighted by Gasteiger charge is -2.15. The molecule has 1 aliphatic heterocycles. The van der Waals surface area contributed by atoms with Gasteiger partial charge in [-0.3, -0.25) is 9.59 Å². The number of ether oxygens (including phenoxy) is 1. The molecule has 1 fully saturated rings. The minimum absolute atomic E-state index is 0.269. The molecule has 31 heavy (non-hydrogen) atoms. The molecule has 1 aliphatic rings. The molecule has 0 spiro atoms. The second-order valence-electron chi connectivity index (χ2n) is 7.40. The van der Waals surface area contributed by atoms with E-state index in [1.165, 1.54) is 0 Å². The largest absolute Gasteiger partial charge is 0.497 e. The summed E-state index contributed by atoms with van der Waals surface area (Å²) in [6.45, 7) is 2.01. The Morgan fingerprint density at radius 1 is 1.00 bits per heavy atom. The number of nitrogens with one attached hydrogen (secondary N) is 2. The van der Waals surface area contributed by atoms with Crippen molar-refractivity contribution in [1.29, 1.82) is 0 Å². The Morgan fingerprint density at radius 3 is 2.35 bits per heavy atom. The maximum atomic E-state index is 12.9. The normalized spacial score (nSPS) is 19.2. The Balaban J connectivity index is 1.72. The average molecular weight is 414 g/mol. The van der Waals surface area contributed by atoms with Gasteiger partial charge < -0.3 is 10.1 Å². The lowest BCUT2D eigenvalue weighted by atomic mass is 9.99. The van der Waals surface area contributed by atoms with E-state index in [0.717, 1.165) is 22.4 Å². The molecule has 1 heterocycles. The predicted molar refractivity (Wildman–Crippen MR) is 118 cm³/mol. The summed E-state index contributed by atoms with van der Waals surface area (Å²) in [7, 11) is 1.61. The highest BCUT2D eigenvalue weighted by molar-refractivity contribution is 5.98. The number of nitrogens with zero attached hydrogens (tertiary/aromatic N) is 1. The van der Waals surface area contributed by atoms with Crippen LogP contribution in [0.4, 0.5) is 0 Å². The second kappa shape index (κ2) is 8.83. The van der Waals surface area contributed by atoms with Gasteiger partial charge in [-0.2, -0.15) is 0 Å². The van der Waals surface area contributed by atoms with E-state index in [0.29, 0.717) is 5.56 Å². The van der Waals surface area contributed by atoms with Crippen molar-refractivity contribution in [2.24, 2.45) is 0 Å². The van der Waals surface area contributed by atoms with Crippen LogP contribution in [0.15, 0.2) is 78.9 Å². The van der Waals surface area contributed by atoms with Crippen molar-refractivity contribution in [3.05, 3.63) is 101 Å². The number of hydrazine groups is 1. The third-order valence-electron chi connectivity index (χ3n) is 5.38. The molecule has 0 aromatic heterocycles. The van der Waals surface area contributed by atoms with Crippen molar-refractivity contribution < 1.29 is 19.0 Å². The Kier molecular flexibility index (Phi) is 5.80. The van der Waals surface area contributed by atoms with Gasteiger partial charge in [0, 0.05) is 16.7 Å². The minimum atomic E-state index is -0.763. The van der Waals surface area contributed by atoms with Crippen molar-refractivity contribution in [1.82, 2.24) is 10.7 Å². The van der Waals surface area contributed by atoms with Gasteiger partial charge in [0.15, 0.2) is 6.04 Å². The molecule has 156 valence electrons. The first-order chi connectivity index (χ1) is 15.1. The molecule has 6 nitrogen and oxygen atoms in total. The second-order valence-corrected chi connectivity index (χ2v) is 7.40. The number of aryl methyl sites for hydroxylation is 1. The van der Waals surface area contributed by atoms with Gasteiger partial charge in [-0.15, -0.1) is 10.1 Å². The Labute approximate surface area is 181 Å². The van der Waals surface area contributed by atoms with Gasteiger partial charge in [-0.05, 0) is 55.0 Å². The summed E-state index contributed by atoms with van der Waals surface area (Å²) in [5.74, 6) is 0.160. The number of hydrogen-bond donors (Lipinski definition) is 2. The lowest BCUT2D eigenvalue weighted by Crippen LogP contribution is -2.42. The lowest BCUT2D eigenvalue weighted by molar-refractivity contribution is -0.596. The number of hydrazone groups is 1. The van der Waals surface area contributed by atoms with Crippen LogP contribution in [0.2, 0.25) is 0 Å². The number of benzene rings is 3. The zero-order valence-corrected chi connectivity index (χ0v) is 17.4. The van der Waals surface area contributed by atoms with Crippen LogP contribution >= 0.6 is 0 Å². The molecular weight excluding hydrogens is 390 g/mol. The summed E-state index contributed by atoms with van der Waals surface area (Å²) in [6, 6.07) is 23.1. The highest BCUT2D eigenvalue weighted by Gasteiger charge is 2.47. The van der Waals surface area contributed by atoms with Crippen molar-refractivity contribution in [3.63, 3.8) is 0 Å². The molecule has 3 aromatic carbocycles. The van der Waals surface area contributed by atoms with E-state index in [4.69, 9.17) is 4.74 Å². The van der Waals surface area contributed by atoms with Crippen LogP contribution in [0.25, 0.3) is 0 Å². The Bertz CT molecular complexity index is 1120. The molecule has 0 bridgehead atoms. The van der Waals surface area contributed by atoms with E-state index in [-0.39, 0.29) is 11.8 Å². The van der Waals surface area contributed by atoms with Crippen LogP contribution < -0.4 is 15.5 Å². The summed E-state index contributed by atoms with van der Waals surface area (Å²) in [5.41, 5.74) is 6.36. The molecule has 3 aromatic rings. The number of rotatable bonds is 5. The Hall–Kier alpha value is -3.93. The van der Waals surface area contributed by atoms with E-state index >= 15 is 0 Å². The van der Waals surface area contributed by atoms with Crippen LogP contribution in [0, 0.1) is 6.92 Å². The van der Waals surface area contributed by atoms with E-state index in [9.17, 15) is 9.59 Å². The van der Waals surface area contributed by atoms with Gasteiger partial charge in [-0.1, -0.05) is 36.4 Å². The first kappa shape index (κ1) is 20.3. The first-order valence-corrected chi connectivity index (χ1v) is 10.1. The zero-order chi connectivity index (χ0) is 21.8. The molecule has 2 N–H and O–H groups in total. The van der Waals surface area contributed by atoms with Crippen LogP contribution in [-0.4, -0.2) is 35.9 Å². The fourth-order valence-corrected chi connectivity index (χ4v) is 3.68. The molecule has 0 saturated carbocycles. The summed E-state index contributed by atoms with van der Waals surface area (Å²) in [4.78, 5) is 25.7. The predicted octanol–water partition coefficient (Wildman–Crippen LogP) is 3.02. The van der Waals surface area contributed by atoms with E-state index in [1.54, 1.807) is 36.1 Å². The quantitative estimate of drug-likeness (QED) is 0.631. The molecule has 0 radical (unpaired) electrons. The number of hydrogen-bond acceptors (Lipinski definition) is 3. The maximum Gasteiger partial charge on any atom is 0.304 e. The van der Waals surface area contributed by atoms with Gasteiger partial charge in [0.1, 0.15) is 5.75 Å². The van der Waals surface area contributed by atoms with E-state index in [1.807, 2.05) is 67.7 Å². The summed E-state index contributed by atoms with van der Waals surface area (Å²) < 4.78 is 7.03. The highest BCUT2D eigenvalue weighted by atomic mass is 16.5. The van der Waals surface area contributed by atoms with Crippen LogP contribution in [0.1, 0.15) is 33.1 Å². The maximum absolute atomic E-state index is 12.9. The van der Waals surface area contributed by atoms with E-state index in [2.05, 4.69) is 10.7 Å². The van der Waals surface area contributed by atoms with Crippen LogP contribution in [0.3, 0.4) is 0 Å². The molecule has 2 atom stereocenters. The third kappa shape index (κ3) is 4.33. The highest BCUT2D eigenvalue weighted by Crippen LogP contribution is 2.27. The third-order valence-corrected chi connectivity index (χ3v) is 5.38. The summed E-state index contributed by atoms with van der Waals surface area (Å²) in [6.07, 6.45) is 1.90. The van der Waals surface area contributed by atoms with Gasteiger partial charge in [0.2, 0.25) is 12.3 Å². The monoisotopic (exact) mass is 414 g/mol. The molecule has 1 saturated heterocycles. The Morgan fingerprint density at radius 2 is 1.68 bits per heavy atom. The standard InChI is InChI=1S/C25H23N3O3/c1-17-8-6-7-11-20(17)16-28-23(18-12-14-21(31-2)15-13-18)22(25(30)27-28)26-24(29)19-9-4-3-5-10-19/h3-16,22-23H,1-2H3,(H-,26,27,29,30)/p+1/b28-16-/t22-,23+/m0/s1. The van der Waals surface area contributed by atoms with Gasteiger partial charge in [0.25, 0.3) is 5.91 Å². The van der Waals surface area contributed by atoms with Crippen molar-refractivity contribution in [2.45, 2.75) is 19.0 Å². The van der Waals surface area contributed by atoms with Gasteiger partial charge >= 0.3 is 5.91 Å². The zero-order valence-electron chi connectivity index (χ0n) is 17.4. The first-order valence-electron chi connectivity index (χ1n) is 10.1. The van der Waals surface area contributed by atoms with Crippen molar-refractivity contribution in [2.75, 3.05) is 7.11 Å². The smallest absolute Gasteiger partial charge is 0.304 e. The number of methoxy groups -OCH3 is 1. The molecule has 0 aliphatic carbocycles. The fourth-order valence-electron chi connectivity index (χ4n) is 3.68.